The third-order valence-corrected chi connectivity index (χ3v) is 4.28. The molecule has 2 N–H and O–H groups in total. The Kier molecular flexibility index (Phi) is 4.60. The van der Waals surface area contributed by atoms with Crippen LogP contribution in [-0.2, 0) is 6.54 Å². The maximum atomic E-state index is 4.74. The second kappa shape index (κ2) is 6.63. The van der Waals surface area contributed by atoms with Gasteiger partial charge in [0.15, 0.2) is 0 Å². The number of hydrogen-bond acceptors (Lipinski definition) is 2. The molecule has 0 radical (unpaired) electrons. The van der Waals surface area contributed by atoms with E-state index in [2.05, 4.69) is 64.3 Å². The van der Waals surface area contributed by atoms with Gasteiger partial charge >= 0.3 is 0 Å². The second-order valence-electron chi connectivity index (χ2n) is 5.87. The Labute approximate surface area is 139 Å². The van der Waals surface area contributed by atoms with Crippen molar-refractivity contribution in [1.82, 2.24) is 15.3 Å². The summed E-state index contributed by atoms with van der Waals surface area (Å²) in [5.41, 5.74) is 3.37. The van der Waals surface area contributed by atoms with Gasteiger partial charge in [-0.05, 0) is 35.7 Å². The molecule has 0 saturated carbocycles. The third kappa shape index (κ3) is 3.39. The number of para-hydroxylation sites is 2. The molecule has 0 fully saturated rings. The minimum Gasteiger partial charge on any atom is -0.341 e. The van der Waals surface area contributed by atoms with Gasteiger partial charge < -0.3 is 10.3 Å². The van der Waals surface area contributed by atoms with E-state index in [0.717, 1.165) is 27.9 Å². The molecule has 22 heavy (non-hydrogen) atoms. The maximum Gasteiger partial charge on any atom is 0.124 e. The summed E-state index contributed by atoms with van der Waals surface area (Å²) in [4.78, 5) is 8.18. The molecule has 1 heterocycles. The lowest BCUT2D eigenvalue weighted by Crippen LogP contribution is -2.26. The Balaban J connectivity index is 1.80. The Bertz CT molecular complexity index is 731. The van der Waals surface area contributed by atoms with Gasteiger partial charge in [-0.1, -0.05) is 54.0 Å². The first-order valence-electron chi connectivity index (χ1n) is 7.56. The highest BCUT2D eigenvalue weighted by molar-refractivity contribution is 9.10. The van der Waals surface area contributed by atoms with Crippen LogP contribution >= 0.6 is 15.9 Å². The SMILES string of the molecule is CC(C)C(NCc1cccc(Br)c1)c1nc2ccccc2[nH]1. The van der Waals surface area contributed by atoms with Crippen LogP contribution in [0.25, 0.3) is 11.0 Å². The molecule has 0 spiro atoms. The summed E-state index contributed by atoms with van der Waals surface area (Å²) in [7, 11) is 0. The number of hydrogen-bond donors (Lipinski definition) is 2. The molecule has 4 heteroatoms. The van der Waals surface area contributed by atoms with Gasteiger partial charge in [0.2, 0.25) is 0 Å². The standard InChI is InChI=1S/C18H20BrN3/c1-12(2)17(20-11-13-6-5-7-14(19)10-13)18-21-15-8-3-4-9-16(15)22-18/h3-10,12,17,20H,11H2,1-2H3,(H,21,22). The molecule has 3 nitrogen and oxygen atoms in total. The lowest BCUT2D eigenvalue weighted by molar-refractivity contribution is 0.396. The Morgan fingerprint density at radius 2 is 1.95 bits per heavy atom. The van der Waals surface area contributed by atoms with Gasteiger partial charge in [0.25, 0.3) is 0 Å². The molecular formula is C18H20BrN3. The van der Waals surface area contributed by atoms with E-state index in [1.54, 1.807) is 0 Å². The normalized spacial score (nSPS) is 12.9. The number of H-pyrrole nitrogens is 1. The van der Waals surface area contributed by atoms with Crippen LogP contribution in [0.15, 0.2) is 53.0 Å². The number of benzene rings is 2. The van der Waals surface area contributed by atoms with Crippen LogP contribution in [0.1, 0.15) is 31.3 Å². The zero-order chi connectivity index (χ0) is 15.5. The topological polar surface area (TPSA) is 40.7 Å². The fourth-order valence-corrected chi connectivity index (χ4v) is 3.09. The van der Waals surface area contributed by atoms with Crippen molar-refractivity contribution in [2.24, 2.45) is 5.92 Å². The molecule has 0 amide bonds. The highest BCUT2D eigenvalue weighted by Crippen LogP contribution is 2.23. The molecule has 0 saturated heterocycles. The van der Waals surface area contributed by atoms with Crippen LogP contribution < -0.4 is 5.32 Å². The van der Waals surface area contributed by atoms with Gasteiger partial charge in [-0.2, -0.15) is 0 Å². The summed E-state index contributed by atoms with van der Waals surface area (Å²) < 4.78 is 1.11. The fourth-order valence-electron chi connectivity index (χ4n) is 2.64. The molecule has 1 atom stereocenters. The number of aromatic amines is 1. The summed E-state index contributed by atoms with van der Waals surface area (Å²) in [6, 6.07) is 16.7. The van der Waals surface area contributed by atoms with Crippen LogP contribution in [0.5, 0.6) is 0 Å². The van der Waals surface area contributed by atoms with Crippen LogP contribution in [0.4, 0.5) is 0 Å². The van der Waals surface area contributed by atoms with Crippen molar-refractivity contribution in [2.75, 3.05) is 0 Å². The number of nitrogens with one attached hydrogen (secondary N) is 2. The molecule has 2 aromatic carbocycles. The summed E-state index contributed by atoms with van der Waals surface area (Å²) in [5.74, 6) is 1.46. The van der Waals surface area contributed by atoms with E-state index in [-0.39, 0.29) is 6.04 Å². The highest BCUT2D eigenvalue weighted by Gasteiger charge is 2.19. The Morgan fingerprint density at radius 1 is 1.14 bits per heavy atom. The molecule has 3 aromatic rings. The van der Waals surface area contributed by atoms with Crippen LogP contribution in [-0.4, -0.2) is 9.97 Å². The van der Waals surface area contributed by atoms with Crippen molar-refractivity contribution >= 4 is 27.0 Å². The molecule has 0 aliphatic carbocycles. The number of rotatable bonds is 5. The Morgan fingerprint density at radius 3 is 2.68 bits per heavy atom. The van der Waals surface area contributed by atoms with Gasteiger partial charge in [-0.3, -0.25) is 0 Å². The number of fused-ring (bicyclic) bond motifs is 1. The van der Waals surface area contributed by atoms with Crippen LogP contribution in [0, 0.1) is 5.92 Å². The first-order valence-corrected chi connectivity index (χ1v) is 8.35. The minimum absolute atomic E-state index is 0.200. The van der Waals surface area contributed by atoms with E-state index in [9.17, 15) is 0 Å². The van der Waals surface area contributed by atoms with Crippen molar-refractivity contribution in [1.29, 1.82) is 0 Å². The molecule has 1 aromatic heterocycles. The second-order valence-corrected chi connectivity index (χ2v) is 6.79. The fraction of sp³-hybridized carbons (Fsp3) is 0.278. The third-order valence-electron chi connectivity index (χ3n) is 3.78. The maximum absolute atomic E-state index is 4.74. The summed E-state index contributed by atoms with van der Waals surface area (Å²) in [6.45, 7) is 5.25. The largest absolute Gasteiger partial charge is 0.341 e. The number of imidazole rings is 1. The molecular weight excluding hydrogens is 338 g/mol. The quantitative estimate of drug-likeness (QED) is 0.687. The number of aromatic nitrogens is 2. The number of nitrogens with zero attached hydrogens (tertiary/aromatic N) is 1. The average molecular weight is 358 g/mol. The van der Waals surface area contributed by atoms with Gasteiger partial charge in [-0.25, -0.2) is 4.98 Å². The van der Waals surface area contributed by atoms with E-state index in [1.807, 2.05) is 24.3 Å². The highest BCUT2D eigenvalue weighted by atomic mass is 79.9. The lowest BCUT2D eigenvalue weighted by atomic mass is 10.0. The zero-order valence-electron chi connectivity index (χ0n) is 12.8. The predicted molar refractivity (Wildman–Crippen MR) is 94.7 cm³/mol. The van der Waals surface area contributed by atoms with Gasteiger partial charge in [0, 0.05) is 11.0 Å². The van der Waals surface area contributed by atoms with Crippen LogP contribution in [0.3, 0.4) is 0 Å². The van der Waals surface area contributed by atoms with E-state index < -0.39 is 0 Å². The monoisotopic (exact) mass is 357 g/mol. The van der Waals surface area contributed by atoms with Crippen molar-refractivity contribution < 1.29 is 0 Å². The molecule has 3 rings (SSSR count). The first-order chi connectivity index (χ1) is 10.6. The molecule has 114 valence electrons. The summed E-state index contributed by atoms with van der Waals surface area (Å²) in [5, 5.41) is 3.63. The van der Waals surface area contributed by atoms with E-state index in [1.165, 1.54) is 5.56 Å². The molecule has 0 aliphatic heterocycles. The average Bonchev–Trinajstić information content (AvgIpc) is 2.90. The number of halogens is 1. The van der Waals surface area contributed by atoms with Crippen molar-refractivity contribution in [3.63, 3.8) is 0 Å². The minimum atomic E-state index is 0.200. The summed E-state index contributed by atoms with van der Waals surface area (Å²) >= 11 is 3.52. The smallest absolute Gasteiger partial charge is 0.124 e. The van der Waals surface area contributed by atoms with Crippen LogP contribution in [0.2, 0.25) is 0 Å². The molecule has 0 bridgehead atoms. The molecule has 0 aliphatic rings. The first kappa shape index (κ1) is 15.3. The Hall–Kier alpha value is -1.65. The van der Waals surface area contributed by atoms with Crippen molar-refractivity contribution in [2.45, 2.75) is 26.4 Å². The van der Waals surface area contributed by atoms with E-state index >= 15 is 0 Å². The van der Waals surface area contributed by atoms with Crippen molar-refractivity contribution in [3.8, 4) is 0 Å². The van der Waals surface area contributed by atoms with Gasteiger partial charge in [-0.15, -0.1) is 0 Å². The summed E-state index contributed by atoms with van der Waals surface area (Å²) in [6.07, 6.45) is 0. The zero-order valence-corrected chi connectivity index (χ0v) is 14.4. The van der Waals surface area contributed by atoms with Gasteiger partial charge in [0.05, 0.1) is 17.1 Å². The predicted octanol–water partition coefficient (Wildman–Crippen LogP) is 4.81. The molecule has 1 unspecified atom stereocenters. The van der Waals surface area contributed by atoms with Crippen molar-refractivity contribution in [3.05, 3.63) is 64.4 Å². The lowest BCUT2D eigenvalue weighted by Gasteiger charge is -2.20. The van der Waals surface area contributed by atoms with E-state index in [4.69, 9.17) is 4.98 Å². The van der Waals surface area contributed by atoms with E-state index in [0.29, 0.717) is 5.92 Å². The van der Waals surface area contributed by atoms with Gasteiger partial charge in [0.1, 0.15) is 5.82 Å².